The molecule has 2 saturated heterocycles. The number of nitrogens with two attached hydrogens (primary N) is 1. The lowest BCUT2D eigenvalue weighted by molar-refractivity contribution is 0.185. The van der Waals surface area contributed by atoms with Gasteiger partial charge in [0.15, 0.2) is 0 Å². The van der Waals surface area contributed by atoms with E-state index in [2.05, 4.69) is 56.9 Å². The third kappa shape index (κ3) is 3.50. The van der Waals surface area contributed by atoms with E-state index in [1.54, 1.807) is 0 Å². The molecule has 1 aromatic rings. The number of hydrogen-bond donors (Lipinski definition) is 1. The molecule has 3 rings (SSSR count). The molecule has 0 spiro atoms. The fourth-order valence-corrected chi connectivity index (χ4v) is 4.38. The van der Waals surface area contributed by atoms with Gasteiger partial charge in [0.2, 0.25) is 0 Å². The molecule has 0 amide bonds. The molecule has 0 aliphatic carbocycles. The first-order chi connectivity index (χ1) is 10.1. The quantitative estimate of drug-likeness (QED) is 0.904. The van der Waals surface area contributed by atoms with Crippen LogP contribution < -0.4 is 5.73 Å². The van der Waals surface area contributed by atoms with E-state index in [-0.39, 0.29) is 6.04 Å². The molecule has 0 radical (unpaired) electrons. The number of rotatable bonds is 4. The molecular formula is C17H26BrN3. The maximum absolute atomic E-state index is 6.33. The van der Waals surface area contributed by atoms with Crippen LogP contribution in [0.25, 0.3) is 0 Å². The predicted molar refractivity (Wildman–Crippen MR) is 91.3 cm³/mol. The standard InChI is InChI=1S/C17H26BrN3/c1-13(19)17(14-5-4-6-15(18)11-14)21-10-7-16(12-21)20-8-2-3-9-20/h4-6,11,13,16-17H,2-3,7-10,12,19H2,1H3. The van der Waals surface area contributed by atoms with Gasteiger partial charge in [-0.25, -0.2) is 0 Å². The molecule has 2 fully saturated rings. The summed E-state index contributed by atoms with van der Waals surface area (Å²) < 4.78 is 1.14. The summed E-state index contributed by atoms with van der Waals surface area (Å²) in [6, 6.07) is 9.84. The Kier molecular flexibility index (Phi) is 4.99. The van der Waals surface area contributed by atoms with E-state index in [1.807, 2.05) is 0 Å². The van der Waals surface area contributed by atoms with Gasteiger partial charge in [0.1, 0.15) is 0 Å². The van der Waals surface area contributed by atoms with Gasteiger partial charge in [-0.15, -0.1) is 0 Å². The molecule has 0 aromatic heterocycles. The fraction of sp³-hybridized carbons (Fsp3) is 0.647. The molecule has 3 nitrogen and oxygen atoms in total. The maximum atomic E-state index is 6.33. The van der Waals surface area contributed by atoms with Crippen LogP contribution in [-0.4, -0.2) is 48.1 Å². The van der Waals surface area contributed by atoms with Crippen LogP contribution >= 0.6 is 15.9 Å². The van der Waals surface area contributed by atoms with E-state index in [0.29, 0.717) is 6.04 Å². The number of benzene rings is 1. The monoisotopic (exact) mass is 351 g/mol. The van der Waals surface area contributed by atoms with Crippen molar-refractivity contribution in [3.63, 3.8) is 0 Å². The van der Waals surface area contributed by atoms with E-state index >= 15 is 0 Å². The lowest BCUT2D eigenvalue weighted by atomic mass is 9.99. The minimum atomic E-state index is 0.150. The van der Waals surface area contributed by atoms with Crippen LogP contribution in [0.1, 0.15) is 37.8 Å². The van der Waals surface area contributed by atoms with E-state index in [1.165, 1.54) is 51.0 Å². The van der Waals surface area contributed by atoms with Crippen molar-refractivity contribution in [1.29, 1.82) is 0 Å². The topological polar surface area (TPSA) is 32.5 Å². The summed E-state index contributed by atoms with van der Waals surface area (Å²) in [5, 5.41) is 0. The van der Waals surface area contributed by atoms with Crippen LogP contribution in [0.4, 0.5) is 0 Å². The van der Waals surface area contributed by atoms with Crippen molar-refractivity contribution < 1.29 is 0 Å². The van der Waals surface area contributed by atoms with Gasteiger partial charge in [0.05, 0.1) is 0 Å². The van der Waals surface area contributed by atoms with Gasteiger partial charge in [-0.3, -0.25) is 9.80 Å². The lowest BCUT2D eigenvalue weighted by Crippen LogP contribution is -2.41. The Labute approximate surface area is 136 Å². The number of hydrogen-bond acceptors (Lipinski definition) is 3. The van der Waals surface area contributed by atoms with Crippen molar-refractivity contribution >= 4 is 15.9 Å². The molecule has 3 atom stereocenters. The average molecular weight is 352 g/mol. The van der Waals surface area contributed by atoms with E-state index in [9.17, 15) is 0 Å². The number of nitrogens with zero attached hydrogens (tertiary/aromatic N) is 2. The molecule has 2 aliphatic heterocycles. The SMILES string of the molecule is CC(N)C(c1cccc(Br)c1)N1CCC(N2CCCC2)C1. The van der Waals surface area contributed by atoms with Crippen LogP contribution in [0.15, 0.2) is 28.7 Å². The molecule has 1 aromatic carbocycles. The van der Waals surface area contributed by atoms with Crippen molar-refractivity contribution in [3.8, 4) is 0 Å². The molecule has 0 saturated carbocycles. The Morgan fingerprint density at radius 2 is 2.00 bits per heavy atom. The first-order valence-electron chi connectivity index (χ1n) is 8.14. The molecule has 2 aliphatic rings. The van der Waals surface area contributed by atoms with Gasteiger partial charge >= 0.3 is 0 Å². The summed E-state index contributed by atoms with van der Waals surface area (Å²) in [5.74, 6) is 0. The average Bonchev–Trinajstić information content (AvgIpc) is 3.08. The summed E-state index contributed by atoms with van der Waals surface area (Å²) in [4.78, 5) is 5.27. The molecule has 4 heteroatoms. The number of halogens is 1. The van der Waals surface area contributed by atoms with Crippen LogP contribution in [0.5, 0.6) is 0 Å². The Hall–Kier alpha value is -0.420. The second kappa shape index (κ2) is 6.78. The first-order valence-corrected chi connectivity index (χ1v) is 8.93. The Bertz CT molecular complexity index is 471. The van der Waals surface area contributed by atoms with E-state index in [4.69, 9.17) is 5.73 Å². The summed E-state index contributed by atoms with van der Waals surface area (Å²) in [5.41, 5.74) is 7.66. The summed E-state index contributed by atoms with van der Waals surface area (Å²) >= 11 is 3.59. The van der Waals surface area contributed by atoms with Crippen molar-refractivity contribution in [2.75, 3.05) is 26.2 Å². The largest absolute Gasteiger partial charge is 0.326 e. The van der Waals surface area contributed by atoms with Crippen LogP contribution in [0.3, 0.4) is 0 Å². The highest BCUT2D eigenvalue weighted by Crippen LogP contribution is 2.31. The molecule has 0 bridgehead atoms. The second-order valence-corrected chi connectivity index (χ2v) is 7.46. The molecule has 2 heterocycles. The molecule has 116 valence electrons. The normalized spacial score (nSPS) is 27.1. The van der Waals surface area contributed by atoms with Crippen LogP contribution in [-0.2, 0) is 0 Å². The predicted octanol–water partition coefficient (Wildman–Crippen LogP) is 3.01. The zero-order valence-corrected chi connectivity index (χ0v) is 14.4. The highest BCUT2D eigenvalue weighted by Gasteiger charge is 2.34. The smallest absolute Gasteiger partial charge is 0.0497 e. The van der Waals surface area contributed by atoms with Gasteiger partial charge in [-0.2, -0.15) is 0 Å². The van der Waals surface area contributed by atoms with E-state index in [0.717, 1.165) is 10.5 Å². The third-order valence-electron chi connectivity index (χ3n) is 4.93. The van der Waals surface area contributed by atoms with E-state index < -0.39 is 0 Å². The molecular weight excluding hydrogens is 326 g/mol. The first kappa shape index (κ1) is 15.5. The molecule has 21 heavy (non-hydrogen) atoms. The van der Waals surface area contributed by atoms with Gasteiger partial charge < -0.3 is 5.73 Å². The van der Waals surface area contributed by atoms with Gasteiger partial charge in [-0.05, 0) is 57.0 Å². The summed E-state index contributed by atoms with van der Waals surface area (Å²) in [6.45, 7) is 7.05. The van der Waals surface area contributed by atoms with Crippen molar-refractivity contribution in [2.45, 2.75) is 44.3 Å². The zero-order chi connectivity index (χ0) is 14.8. The van der Waals surface area contributed by atoms with Gasteiger partial charge in [-0.1, -0.05) is 28.1 Å². The second-order valence-electron chi connectivity index (χ2n) is 6.54. The van der Waals surface area contributed by atoms with Crippen molar-refractivity contribution in [3.05, 3.63) is 34.3 Å². The molecule has 2 N–H and O–H groups in total. The lowest BCUT2D eigenvalue weighted by Gasteiger charge is -2.32. The van der Waals surface area contributed by atoms with Gasteiger partial charge in [0.25, 0.3) is 0 Å². The van der Waals surface area contributed by atoms with Crippen molar-refractivity contribution in [2.24, 2.45) is 5.73 Å². The molecule has 3 unspecified atom stereocenters. The number of likely N-dealkylation sites (tertiary alicyclic amines) is 2. The summed E-state index contributed by atoms with van der Waals surface area (Å²) in [7, 11) is 0. The maximum Gasteiger partial charge on any atom is 0.0497 e. The Morgan fingerprint density at radius 1 is 1.24 bits per heavy atom. The Balaban J connectivity index is 1.73. The van der Waals surface area contributed by atoms with Crippen molar-refractivity contribution in [1.82, 2.24) is 9.80 Å². The van der Waals surface area contributed by atoms with Crippen LogP contribution in [0.2, 0.25) is 0 Å². The highest BCUT2D eigenvalue weighted by molar-refractivity contribution is 9.10. The van der Waals surface area contributed by atoms with Gasteiger partial charge in [0, 0.05) is 35.7 Å². The third-order valence-corrected chi connectivity index (χ3v) is 5.43. The minimum absolute atomic E-state index is 0.150. The zero-order valence-electron chi connectivity index (χ0n) is 12.8. The van der Waals surface area contributed by atoms with Crippen LogP contribution in [0, 0.1) is 0 Å². The highest BCUT2D eigenvalue weighted by atomic mass is 79.9. The fourth-order valence-electron chi connectivity index (χ4n) is 3.96. The Morgan fingerprint density at radius 3 is 2.67 bits per heavy atom. The minimum Gasteiger partial charge on any atom is -0.326 e. The summed E-state index contributed by atoms with van der Waals surface area (Å²) in [6.07, 6.45) is 4.04.